The third-order valence-corrected chi connectivity index (χ3v) is 7.62. The van der Waals surface area contributed by atoms with Crippen molar-refractivity contribution in [2.45, 2.75) is 19.9 Å². The van der Waals surface area contributed by atoms with Gasteiger partial charge >= 0.3 is 5.97 Å². The molecule has 0 atom stereocenters. The van der Waals surface area contributed by atoms with Gasteiger partial charge in [-0.15, -0.1) is 0 Å². The summed E-state index contributed by atoms with van der Waals surface area (Å²) < 4.78 is 26.2. The molecule has 9 nitrogen and oxygen atoms in total. The first-order valence-electron chi connectivity index (χ1n) is 15.0. The molecule has 1 heterocycles. The Morgan fingerprint density at radius 2 is 1.72 bits per heavy atom. The van der Waals surface area contributed by atoms with Crippen LogP contribution in [-0.4, -0.2) is 59.1 Å². The molecule has 241 valence electrons. The van der Waals surface area contributed by atoms with E-state index in [2.05, 4.69) is 47.9 Å². The van der Waals surface area contributed by atoms with Crippen LogP contribution in [0.25, 0.3) is 33.4 Å². The summed E-state index contributed by atoms with van der Waals surface area (Å²) in [6.07, 6.45) is 0.823. The molecule has 0 bridgehead atoms. The number of ether oxygens (including phenoxy) is 3. The zero-order valence-electron chi connectivity index (χ0n) is 26.8. The van der Waals surface area contributed by atoms with Gasteiger partial charge in [-0.25, -0.2) is 4.58 Å². The van der Waals surface area contributed by atoms with Crippen LogP contribution in [0.4, 0.5) is 5.69 Å². The molecule has 5 rings (SSSR count). The third-order valence-electron chi connectivity index (χ3n) is 7.62. The van der Waals surface area contributed by atoms with Gasteiger partial charge in [0, 0.05) is 49.5 Å². The number of carbonyl (C=O) groups is 1. The zero-order valence-corrected chi connectivity index (χ0v) is 29.9. The predicted octanol–water partition coefficient (Wildman–Crippen LogP) is 5.48. The van der Waals surface area contributed by atoms with Crippen LogP contribution >= 0.6 is 0 Å². The van der Waals surface area contributed by atoms with E-state index < -0.39 is 5.97 Å². The summed E-state index contributed by atoms with van der Waals surface area (Å²) in [6, 6.07) is 24.0. The molecule has 0 unspecified atom stereocenters. The Kier molecular flexibility index (Phi) is 11.6. The van der Waals surface area contributed by atoms with Crippen LogP contribution in [-0.2, 0) is 17.8 Å². The molecule has 2 aliphatic rings. The number of anilines is 1. The minimum Gasteiger partial charge on any atom is -0.497 e. The molecule has 1 aliphatic heterocycles. The van der Waals surface area contributed by atoms with E-state index in [9.17, 15) is 9.90 Å². The van der Waals surface area contributed by atoms with Gasteiger partial charge in [0.25, 0.3) is 0 Å². The maximum absolute atomic E-state index is 11.4. The van der Waals surface area contributed by atoms with Crippen molar-refractivity contribution in [2.24, 2.45) is 0 Å². The number of hydrogen-bond acceptors (Lipinski definition) is 7. The van der Waals surface area contributed by atoms with Crippen LogP contribution in [0.5, 0.6) is 17.2 Å². The van der Waals surface area contributed by atoms with Crippen molar-refractivity contribution in [3.05, 3.63) is 89.3 Å². The topological polar surface area (TPSA) is 105 Å². The van der Waals surface area contributed by atoms with E-state index in [4.69, 9.17) is 18.6 Å². The van der Waals surface area contributed by atoms with Crippen molar-refractivity contribution in [1.29, 1.82) is 0 Å². The molecule has 3 aromatic carbocycles. The quantitative estimate of drug-likeness (QED) is 0.0814. The molecule has 3 aromatic rings. The number of rotatable bonds is 13. The first-order valence-corrected chi connectivity index (χ1v) is 15.0. The molecule has 0 fully saturated rings. The molecular weight excluding hydrogens is 813 g/mol. The number of fused-ring (bicyclic) bond motifs is 2. The fourth-order valence-electron chi connectivity index (χ4n) is 5.33. The Morgan fingerprint density at radius 1 is 0.935 bits per heavy atom. The Hall–Kier alpha value is -4.63. The van der Waals surface area contributed by atoms with Crippen LogP contribution in [0.15, 0.2) is 77.2 Å². The molecule has 0 spiro atoms. The maximum atomic E-state index is 11.4. The molecular formula is C36H40AmN3O6+. The number of nitrogens with zero attached hydrogens (tertiary/aromatic N) is 1. The number of benzene rings is 4. The molecule has 0 amide bonds. The molecule has 46 heavy (non-hydrogen) atoms. The first kappa shape index (κ1) is 34.2. The Labute approximate surface area is 277 Å². The van der Waals surface area contributed by atoms with Crippen molar-refractivity contribution in [3.63, 3.8) is 0 Å². The maximum Gasteiger partial charge on any atom is 0.322 e. The van der Waals surface area contributed by atoms with Gasteiger partial charge in [0.1, 0.15) is 62.4 Å². The van der Waals surface area contributed by atoms with Gasteiger partial charge < -0.3 is 34.4 Å². The van der Waals surface area contributed by atoms with Crippen molar-refractivity contribution >= 4 is 22.6 Å². The largest absolute Gasteiger partial charge is 0.497 e. The van der Waals surface area contributed by atoms with Crippen molar-refractivity contribution in [2.75, 3.05) is 53.3 Å². The Bertz CT molecular complexity index is 1870. The zero-order chi connectivity index (χ0) is 31.9. The van der Waals surface area contributed by atoms with Gasteiger partial charge in [-0.1, -0.05) is 31.2 Å². The summed E-state index contributed by atoms with van der Waals surface area (Å²) in [7, 11) is 7.55. The Balaban J connectivity index is 0.00000480. The fraction of sp³-hybridized carbons (Fsp3) is 0.278. The van der Waals surface area contributed by atoms with Crippen LogP contribution in [0.2, 0.25) is 0 Å². The average molecular weight is 854 g/mol. The summed E-state index contributed by atoms with van der Waals surface area (Å²) >= 11 is 0. The van der Waals surface area contributed by atoms with E-state index in [0.717, 1.165) is 74.4 Å². The SMILES string of the molecule is CCc1ccc(OC)cc1OCCOc1cc(-c2c3ccc(=[N+](C)C)cc-3oc3cc(CNC)ccc23)ccc1NCC(=O)O.[Am]. The number of aryl methyl sites for hydroxylation is 1. The van der Waals surface area contributed by atoms with E-state index in [1.54, 1.807) is 7.11 Å². The second kappa shape index (κ2) is 15.6. The molecule has 1 radical (unpaired) electrons. The summed E-state index contributed by atoms with van der Waals surface area (Å²) in [5.41, 5.74) is 6.42. The monoisotopic (exact) mass is 851 g/mol. The smallest absolute Gasteiger partial charge is 0.322 e. The predicted molar refractivity (Wildman–Crippen MR) is 178 cm³/mol. The molecule has 0 saturated carbocycles. The molecule has 0 aromatic heterocycles. The van der Waals surface area contributed by atoms with E-state index >= 15 is 0 Å². The minimum absolute atomic E-state index is 0. The third kappa shape index (κ3) is 7.77. The molecule has 0 saturated heterocycles. The van der Waals surface area contributed by atoms with Crippen LogP contribution in [0.3, 0.4) is 0 Å². The average Bonchev–Trinajstić information content (AvgIpc) is 3.04. The normalized spacial score (nSPS) is 10.8. The Morgan fingerprint density at radius 3 is 2.41 bits per heavy atom. The molecule has 1 aliphatic carbocycles. The van der Waals surface area contributed by atoms with Gasteiger partial charge in [-0.2, -0.15) is 0 Å². The summed E-state index contributed by atoms with van der Waals surface area (Å²) in [4.78, 5) is 11.4. The van der Waals surface area contributed by atoms with E-state index in [-0.39, 0.29) is 27.4 Å². The van der Waals surface area contributed by atoms with E-state index in [1.165, 1.54) is 0 Å². The van der Waals surface area contributed by atoms with Crippen LogP contribution in [0.1, 0.15) is 18.1 Å². The minimum atomic E-state index is -0.964. The number of aliphatic carboxylic acids is 1. The second-order valence-electron chi connectivity index (χ2n) is 10.9. The van der Waals surface area contributed by atoms with Crippen molar-refractivity contribution in [3.8, 4) is 39.7 Å². The van der Waals surface area contributed by atoms with Crippen LogP contribution < -0.4 is 34.8 Å². The summed E-state index contributed by atoms with van der Waals surface area (Å²) in [6.45, 7) is 3.09. The first-order chi connectivity index (χ1) is 21.8. The number of hydrogen-bond donors (Lipinski definition) is 3. The van der Waals surface area contributed by atoms with Crippen molar-refractivity contribution in [1.82, 2.24) is 9.89 Å². The van der Waals surface area contributed by atoms with Gasteiger partial charge in [-0.3, -0.25) is 4.79 Å². The number of carboxylic acid groups (broad SMARTS) is 1. The number of carboxylic acids is 1. The van der Waals surface area contributed by atoms with Gasteiger partial charge in [0.05, 0.1) is 18.9 Å². The molecule has 3 N–H and O–H groups in total. The standard InChI is InChI=1S/C36H39N3O6.Am/c1-6-24-8-11-27(42-5)20-31(24)43-15-16-44-34-18-25(9-14-30(34)38-22-35(40)41)36-28-12-7-23(21-37-2)17-32(28)45-33-19-26(39(3)4)10-13-29(33)36;/h7-14,17-20,37H,6,15-16,21-22H2,1-5H3,(H,40,41);/p+1. The second-order valence-corrected chi connectivity index (χ2v) is 10.9. The van der Waals surface area contributed by atoms with Crippen molar-refractivity contribution < 1.29 is 42.8 Å². The van der Waals surface area contributed by atoms with Gasteiger partial charge in [0.15, 0.2) is 0 Å². The van der Waals surface area contributed by atoms with Gasteiger partial charge in [0.2, 0.25) is 5.36 Å². The fourth-order valence-corrected chi connectivity index (χ4v) is 5.33. The summed E-state index contributed by atoms with van der Waals surface area (Å²) in [5, 5.41) is 17.5. The van der Waals surface area contributed by atoms with Crippen LogP contribution in [0, 0.1) is 14.3 Å². The number of methoxy groups -OCH3 is 1. The molecule has 10 heteroatoms. The van der Waals surface area contributed by atoms with E-state index in [0.29, 0.717) is 18.0 Å². The van der Waals surface area contributed by atoms with Gasteiger partial charge in [-0.05, 0) is 60.5 Å². The van der Waals surface area contributed by atoms with E-state index in [1.807, 2.05) is 68.2 Å². The summed E-state index contributed by atoms with van der Waals surface area (Å²) in [5.74, 6) is 1.80. The number of nitrogens with one attached hydrogen (secondary N) is 2.